The first-order valence-corrected chi connectivity index (χ1v) is 11.2. The number of benzene rings is 2. The standard InChI is InChI=1S/C20H7F12N2.C5H12O2.Ir/c21-17(22,23)11-3-9(4-12(7-11)18(24,25)26)15-16(34-2-1-33-15)10-5-13(19(27,28)29)8-14(6-10)20(30,31)32;1-4(6)3-5(2)7;/h1-5,7-8H;4-7H,3H2,1-2H3;/q-1;;. The SMILES string of the molecule is CC(O)CC(C)O.FC(F)(F)c1[c-]c(-c2nccnc2-c2cc(C(F)(F)F)cc(C(F)(F)F)c2)cc(C(F)(F)F)c1.[Ir]. The molecule has 0 fully saturated rings. The zero-order valence-electron chi connectivity index (χ0n) is 21.1. The van der Waals surface area contributed by atoms with Crippen LogP contribution in [0.15, 0.2) is 42.7 Å². The summed E-state index contributed by atoms with van der Waals surface area (Å²) in [6, 6.07) is 1.83. The Labute approximate surface area is 243 Å². The van der Waals surface area contributed by atoms with Crippen molar-refractivity contribution in [3.63, 3.8) is 0 Å². The van der Waals surface area contributed by atoms with Gasteiger partial charge in [-0.1, -0.05) is 0 Å². The van der Waals surface area contributed by atoms with Gasteiger partial charge in [0.05, 0.1) is 29.0 Å². The summed E-state index contributed by atoms with van der Waals surface area (Å²) in [6.07, 6.45) is -19.8. The van der Waals surface area contributed by atoms with Gasteiger partial charge in [0.25, 0.3) is 0 Å². The van der Waals surface area contributed by atoms with Gasteiger partial charge >= 0.3 is 24.7 Å². The van der Waals surface area contributed by atoms with Gasteiger partial charge < -0.3 is 15.2 Å². The van der Waals surface area contributed by atoms with Crippen molar-refractivity contribution in [3.8, 4) is 22.5 Å². The van der Waals surface area contributed by atoms with Gasteiger partial charge in [-0.3, -0.25) is 4.98 Å². The fourth-order valence-electron chi connectivity index (χ4n) is 3.35. The summed E-state index contributed by atoms with van der Waals surface area (Å²) in [4.78, 5) is 7.14. The third-order valence-electron chi connectivity index (χ3n) is 5.00. The van der Waals surface area contributed by atoms with Crippen LogP contribution in [0.1, 0.15) is 42.5 Å². The van der Waals surface area contributed by atoms with Crippen molar-refractivity contribution < 1.29 is 83.0 Å². The summed E-state index contributed by atoms with van der Waals surface area (Å²) in [5, 5.41) is 17.1. The van der Waals surface area contributed by atoms with Crippen molar-refractivity contribution in [2.24, 2.45) is 0 Å². The molecule has 3 aromatic rings. The molecule has 235 valence electrons. The van der Waals surface area contributed by atoms with Crippen LogP contribution in [0.4, 0.5) is 52.7 Å². The normalized spacial score (nSPS) is 13.9. The summed E-state index contributed by atoms with van der Waals surface area (Å²) in [6.45, 7) is 3.32. The number of halogens is 12. The molecule has 17 heteroatoms. The van der Waals surface area contributed by atoms with Crippen molar-refractivity contribution in [1.29, 1.82) is 0 Å². The third-order valence-corrected chi connectivity index (χ3v) is 5.00. The number of aliphatic hydroxyl groups is 2. The Kier molecular flexibility index (Phi) is 12.2. The second kappa shape index (κ2) is 13.7. The third kappa shape index (κ3) is 10.5. The van der Waals surface area contributed by atoms with E-state index < -0.39 is 69.5 Å². The minimum absolute atomic E-state index is 0. The van der Waals surface area contributed by atoms with Gasteiger partial charge in [0.1, 0.15) is 0 Å². The molecule has 0 spiro atoms. The minimum Gasteiger partial charge on any atom is -0.393 e. The average Bonchev–Trinajstić information content (AvgIpc) is 2.81. The van der Waals surface area contributed by atoms with Gasteiger partial charge in [-0.2, -0.15) is 52.7 Å². The topological polar surface area (TPSA) is 66.2 Å². The molecule has 0 saturated carbocycles. The Bertz CT molecular complexity index is 1170. The van der Waals surface area contributed by atoms with Crippen LogP contribution in [-0.4, -0.2) is 32.4 Å². The van der Waals surface area contributed by atoms with E-state index in [4.69, 9.17) is 10.2 Å². The van der Waals surface area contributed by atoms with Gasteiger partial charge in [-0.15, -0.1) is 23.8 Å². The van der Waals surface area contributed by atoms with Crippen LogP contribution in [-0.2, 0) is 44.8 Å². The zero-order chi connectivity index (χ0) is 31.6. The smallest absolute Gasteiger partial charge is 0.393 e. The average molecular weight is 800 g/mol. The molecule has 2 atom stereocenters. The van der Waals surface area contributed by atoms with Crippen LogP contribution in [0.3, 0.4) is 0 Å². The summed E-state index contributed by atoms with van der Waals surface area (Å²) in [5.41, 5.74) is -10.7. The summed E-state index contributed by atoms with van der Waals surface area (Å²) < 4.78 is 158. The van der Waals surface area contributed by atoms with Crippen LogP contribution < -0.4 is 0 Å². The summed E-state index contributed by atoms with van der Waals surface area (Å²) in [7, 11) is 0. The number of aliphatic hydroxyl groups excluding tert-OH is 2. The Morgan fingerprint density at radius 3 is 1.38 bits per heavy atom. The monoisotopic (exact) mass is 800 g/mol. The van der Waals surface area contributed by atoms with Gasteiger partial charge in [0.2, 0.25) is 0 Å². The number of aromatic nitrogens is 2. The molecule has 42 heavy (non-hydrogen) atoms. The number of hydrogen-bond acceptors (Lipinski definition) is 4. The van der Waals surface area contributed by atoms with Crippen molar-refractivity contribution in [2.75, 3.05) is 0 Å². The Morgan fingerprint density at radius 2 is 1.02 bits per heavy atom. The van der Waals surface area contributed by atoms with Crippen LogP contribution in [0, 0.1) is 6.07 Å². The maximum absolute atomic E-state index is 13.2. The zero-order valence-corrected chi connectivity index (χ0v) is 23.5. The van der Waals surface area contributed by atoms with Crippen LogP contribution in [0.25, 0.3) is 22.5 Å². The van der Waals surface area contributed by atoms with E-state index in [9.17, 15) is 52.7 Å². The minimum atomic E-state index is -5.31. The van der Waals surface area contributed by atoms with Gasteiger partial charge in [0, 0.05) is 38.2 Å². The molecule has 2 unspecified atom stereocenters. The number of hydrogen-bond donors (Lipinski definition) is 2. The number of alkyl halides is 12. The number of nitrogens with zero attached hydrogens (tertiary/aromatic N) is 2. The second-order valence-corrected chi connectivity index (χ2v) is 8.67. The Morgan fingerprint density at radius 1 is 0.619 bits per heavy atom. The van der Waals surface area contributed by atoms with Crippen LogP contribution >= 0.6 is 0 Å². The molecule has 0 aliphatic carbocycles. The molecule has 1 heterocycles. The molecule has 2 aromatic carbocycles. The van der Waals surface area contributed by atoms with Crippen molar-refractivity contribution in [2.45, 2.75) is 57.2 Å². The molecule has 0 amide bonds. The van der Waals surface area contributed by atoms with E-state index in [0.29, 0.717) is 6.42 Å². The quantitative estimate of drug-likeness (QED) is 0.209. The van der Waals surface area contributed by atoms with E-state index in [1.54, 1.807) is 19.9 Å². The predicted octanol–water partition coefficient (Wildman–Crippen LogP) is 7.82. The first kappa shape index (κ1) is 37.3. The van der Waals surface area contributed by atoms with Gasteiger partial charge in [0.15, 0.2) is 0 Å². The fourth-order valence-corrected chi connectivity index (χ4v) is 3.35. The van der Waals surface area contributed by atoms with Crippen molar-refractivity contribution >= 4 is 0 Å². The summed E-state index contributed by atoms with van der Waals surface area (Å²) >= 11 is 0. The van der Waals surface area contributed by atoms with E-state index in [0.717, 1.165) is 12.4 Å². The molecule has 0 bridgehead atoms. The van der Waals surface area contributed by atoms with Crippen molar-refractivity contribution in [3.05, 3.63) is 71.0 Å². The molecule has 1 aromatic heterocycles. The molecule has 0 saturated heterocycles. The van der Waals surface area contributed by atoms with E-state index >= 15 is 0 Å². The second-order valence-electron chi connectivity index (χ2n) is 8.67. The van der Waals surface area contributed by atoms with Crippen molar-refractivity contribution in [1.82, 2.24) is 9.97 Å². The van der Waals surface area contributed by atoms with E-state index in [1.807, 2.05) is 0 Å². The van der Waals surface area contributed by atoms with Crippen LogP contribution in [0.2, 0.25) is 0 Å². The molecular weight excluding hydrogens is 780 g/mol. The Balaban J connectivity index is 0.000000981. The van der Waals surface area contributed by atoms with Gasteiger partial charge in [-0.25, -0.2) is 0 Å². The molecule has 0 aliphatic heterocycles. The predicted molar refractivity (Wildman–Crippen MR) is 120 cm³/mol. The van der Waals surface area contributed by atoms with E-state index in [2.05, 4.69) is 9.97 Å². The largest absolute Gasteiger partial charge is 0.416 e. The maximum Gasteiger partial charge on any atom is 0.416 e. The van der Waals surface area contributed by atoms with Crippen LogP contribution in [0.5, 0.6) is 0 Å². The molecular formula is C25H19F12IrN2O2-. The van der Waals surface area contributed by atoms with Gasteiger partial charge in [-0.05, 0) is 55.2 Å². The first-order chi connectivity index (χ1) is 18.5. The molecule has 0 aliphatic rings. The molecule has 4 nitrogen and oxygen atoms in total. The summed E-state index contributed by atoms with van der Waals surface area (Å²) in [5.74, 6) is 0. The maximum atomic E-state index is 13.2. The Hall–Kier alpha value is -2.75. The molecule has 3 rings (SSSR count). The van der Waals surface area contributed by atoms with E-state index in [1.165, 1.54) is 0 Å². The number of rotatable bonds is 4. The molecule has 1 radical (unpaired) electrons. The fraction of sp³-hybridized carbons (Fsp3) is 0.360. The molecule has 2 N–H and O–H groups in total. The van der Waals surface area contributed by atoms with E-state index in [-0.39, 0.29) is 62.6 Å². The first-order valence-electron chi connectivity index (χ1n) is 11.2.